The van der Waals surface area contributed by atoms with Gasteiger partial charge in [0, 0.05) is 25.1 Å². The molecule has 1 N–H and O–H groups in total. The third-order valence-electron chi connectivity index (χ3n) is 4.42. The Kier molecular flexibility index (Phi) is 5.36. The van der Waals surface area contributed by atoms with Crippen molar-refractivity contribution in [3.8, 4) is 0 Å². The van der Waals surface area contributed by atoms with Gasteiger partial charge in [0.25, 0.3) is 0 Å². The van der Waals surface area contributed by atoms with Crippen molar-refractivity contribution in [1.82, 2.24) is 10.2 Å². The van der Waals surface area contributed by atoms with Crippen LogP contribution in [0.4, 0.5) is 10.8 Å². The van der Waals surface area contributed by atoms with Crippen LogP contribution in [0.1, 0.15) is 36.4 Å². The highest BCUT2D eigenvalue weighted by atomic mass is 32.1. The van der Waals surface area contributed by atoms with E-state index in [1.807, 2.05) is 32.0 Å². The van der Waals surface area contributed by atoms with Crippen LogP contribution in [0.2, 0.25) is 0 Å². The van der Waals surface area contributed by atoms with E-state index in [0.29, 0.717) is 17.6 Å². The number of aryl methyl sites for hydroxylation is 2. The Labute approximate surface area is 157 Å². The average molecular weight is 372 g/mol. The highest BCUT2D eigenvalue weighted by Gasteiger charge is 2.36. The van der Waals surface area contributed by atoms with E-state index in [9.17, 15) is 9.59 Å². The first-order valence-electron chi connectivity index (χ1n) is 8.84. The Balaban J connectivity index is 1.66. The third-order valence-corrected chi connectivity index (χ3v) is 5.28. The molecule has 0 bridgehead atoms. The summed E-state index contributed by atoms with van der Waals surface area (Å²) in [7, 11) is 0. The van der Waals surface area contributed by atoms with Crippen LogP contribution in [0.25, 0.3) is 0 Å². The van der Waals surface area contributed by atoms with Crippen LogP contribution in [0.3, 0.4) is 0 Å². The molecular weight excluding hydrogens is 348 g/mol. The first-order valence-corrected chi connectivity index (χ1v) is 9.66. The second-order valence-electron chi connectivity index (χ2n) is 7.28. The Morgan fingerprint density at radius 2 is 2.12 bits per heavy atom. The van der Waals surface area contributed by atoms with Gasteiger partial charge in [0.1, 0.15) is 5.01 Å². The van der Waals surface area contributed by atoms with Crippen molar-refractivity contribution in [2.75, 3.05) is 16.8 Å². The van der Waals surface area contributed by atoms with Crippen molar-refractivity contribution in [2.45, 2.75) is 40.5 Å². The van der Waals surface area contributed by atoms with Crippen LogP contribution in [-0.2, 0) is 16.0 Å². The highest BCUT2D eigenvalue weighted by Crippen LogP contribution is 2.29. The topological polar surface area (TPSA) is 75.2 Å². The lowest BCUT2D eigenvalue weighted by molar-refractivity contribution is -0.122. The quantitative estimate of drug-likeness (QED) is 0.873. The Morgan fingerprint density at radius 1 is 1.35 bits per heavy atom. The summed E-state index contributed by atoms with van der Waals surface area (Å²) in [6, 6.07) is 5.99. The first-order chi connectivity index (χ1) is 12.3. The molecule has 138 valence electrons. The molecule has 0 saturated carbocycles. The van der Waals surface area contributed by atoms with Gasteiger partial charge in [-0.15, -0.1) is 10.2 Å². The number of anilines is 2. The molecule has 3 rings (SSSR count). The minimum absolute atomic E-state index is 0.0186. The normalized spacial score (nSPS) is 17.2. The molecule has 2 amide bonds. The molecular formula is C19H24N4O2S. The standard InChI is InChI=1S/C19H24N4O2S/c1-11(2)7-16-21-22-19(26-16)20-18(25)14-9-17(24)23(10-14)15-6-5-12(3)8-13(15)4/h5-6,8,11,14H,7,9-10H2,1-4H3,(H,20,22,25). The largest absolute Gasteiger partial charge is 0.311 e. The van der Waals surface area contributed by atoms with Gasteiger partial charge in [-0.25, -0.2) is 0 Å². The van der Waals surface area contributed by atoms with Crippen LogP contribution < -0.4 is 10.2 Å². The zero-order valence-electron chi connectivity index (χ0n) is 15.6. The molecule has 1 saturated heterocycles. The molecule has 1 aliphatic heterocycles. The Bertz CT molecular complexity index is 831. The number of nitrogens with zero attached hydrogens (tertiary/aromatic N) is 3. The summed E-state index contributed by atoms with van der Waals surface area (Å²) in [5.74, 6) is -0.0707. The molecule has 2 heterocycles. The van der Waals surface area contributed by atoms with Gasteiger partial charge in [-0.3, -0.25) is 9.59 Å². The second kappa shape index (κ2) is 7.53. The van der Waals surface area contributed by atoms with E-state index in [2.05, 4.69) is 29.4 Å². The molecule has 1 aromatic carbocycles. The number of carbonyl (C=O) groups excluding carboxylic acids is 2. The van der Waals surface area contributed by atoms with Gasteiger partial charge in [-0.2, -0.15) is 0 Å². The molecule has 1 aliphatic rings. The predicted molar refractivity (Wildman–Crippen MR) is 103 cm³/mol. The van der Waals surface area contributed by atoms with Crippen molar-refractivity contribution in [1.29, 1.82) is 0 Å². The summed E-state index contributed by atoms with van der Waals surface area (Å²) in [5.41, 5.74) is 3.08. The van der Waals surface area contributed by atoms with Crippen molar-refractivity contribution in [2.24, 2.45) is 11.8 Å². The molecule has 1 unspecified atom stereocenters. The van der Waals surface area contributed by atoms with E-state index >= 15 is 0 Å². The van der Waals surface area contributed by atoms with Gasteiger partial charge in [0.05, 0.1) is 5.92 Å². The fraction of sp³-hybridized carbons (Fsp3) is 0.474. The van der Waals surface area contributed by atoms with E-state index in [1.165, 1.54) is 11.3 Å². The molecule has 2 aromatic rings. The van der Waals surface area contributed by atoms with Crippen LogP contribution in [-0.4, -0.2) is 28.6 Å². The van der Waals surface area contributed by atoms with Gasteiger partial charge >= 0.3 is 0 Å². The van der Waals surface area contributed by atoms with E-state index in [4.69, 9.17) is 0 Å². The van der Waals surface area contributed by atoms with Gasteiger partial charge in [0.2, 0.25) is 16.9 Å². The zero-order chi connectivity index (χ0) is 18.8. The maximum atomic E-state index is 12.6. The number of benzene rings is 1. The minimum Gasteiger partial charge on any atom is -0.311 e. The van der Waals surface area contributed by atoms with Crippen molar-refractivity contribution in [3.63, 3.8) is 0 Å². The number of hydrogen-bond donors (Lipinski definition) is 1. The summed E-state index contributed by atoms with van der Waals surface area (Å²) < 4.78 is 0. The lowest BCUT2D eigenvalue weighted by atomic mass is 10.1. The molecule has 1 atom stereocenters. The van der Waals surface area contributed by atoms with Crippen molar-refractivity contribution in [3.05, 3.63) is 34.3 Å². The second-order valence-corrected chi connectivity index (χ2v) is 8.35. The van der Waals surface area contributed by atoms with Gasteiger partial charge in [-0.05, 0) is 31.4 Å². The van der Waals surface area contributed by atoms with Crippen LogP contribution in [0.15, 0.2) is 18.2 Å². The number of aromatic nitrogens is 2. The van der Waals surface area contributed by atoms with E-state index in [1.54, 1.807) is 4.90 Å². The maximum absolute atomic E-state index is 12.6. The van der Waals surface area contributed by atoms with Crippen LogP contribution in [0, 0.1) is 25.7 Å². The lowest BCUT2D eigenvalue weighted by Gasteiger charge is -2.19. The zero-order valence-corrected chi connectivity index (χ0v) is 16.4. The monoisotopic (exact) mass is 372 g/mol. The van der Waals surface area contributed by atoms with Crippen molar-refractivity contribution >= 4 is 34.0 Å². The van der Waals surface area contributed by atoms with E-state index in [-0.39, 0.29) is 24.2 Å². The fourth-order valence-corrected chi connectivity index (χ4v) is 4.12. The number of rotatable bonds is 5. The molecule has 6 nitrogen and oxygen atoms in total. The Hall–Kier alpha value is -2.28. The number of hydrogen-bond acceptors (Lipinski definition) is 5. The number of carbonyl (C=O) groups is 2. The van der Waals surface area contributed by atoms with Gasteiger partial charge in [0.15, 0.2) is 0 Å². The van der Waals surface area contributed by atoms with Crippen LogP contribution in [0.5, 0.6) is 0 Å². The first kappa shape index (κ1) is 18.5. The predicted octanol–water partition coefficient (Wildman–Crippen LogP) is 3.35. The fourth-order valence-electron chi connectivity index (χ4n) is 3.17. The number of nitrogens with one attached hydrogen (secondary N) is 1. The summed E-state index contributed by atoms with van der Waals surface area (Å²) >= 11 is 1.40. The highest BCUT2D eigenvalue weighted by molar-refractivity contribution is 7.15. The molecule has 7 heteroatoms. The van der Waals surface area contributed by atoms with Crippen LogP contribution >= 0.6 is 11.3 Å². The lowest BCUT2D eigenvalue weighted by Crippen LogP contribution is -2.28. The molecule has 26 heavy (non-hydrogen) atoms. The van der Waals surface area contributed by atoms with E-state index in [0.717, 1.165) is 28.2 Å². The average Bonchev–Trinajstić information content (AvgIpc) is 3.13. The van der Waals surface area contributed by atoms with Crippen molar-refractivity contribution < 1.29 is 9.59 Å². The summed E-state index contributed by atoms with van der Waals surface area (Å²) in [4.78, 5) is 26.7. The molecule has 0 radical (unpaired) electrons. The summed E-state index contributed by atoms with van der Waals surface area (Å²) in [5, 5.41) is 12.4. The summed E-state index contributed by atoms with van der Waals surface area (Å²) in [6.45, 7) is 8.64. The van der Waals surface area contributed by atoms with Gasteiger partial charge in [-0.1, -0.05) is 42.9 Å². The smallest absolute Gasteiger partial charge is 0.231 e. The summed E-state index contributed by atoms with van der Waals surface area (Å²) in [6.07, 6.45) is 1.06. The SMILES string of the molecule is Cc1ccc(N2CC(C(=O)Nc3nnc(CC(C)C)s3)CC2=O)c(C)c1. The third kappa shape index (κ3) is 4.09. The minimum atomic E-state index is -0.374. The maximum Gasteiger partial charge on any atom is 0.231 e. The number of amides is 2. The molecule has 1 fully saturated rings. The van der Waals surface area contributed by atoms with E-state index < -0.39 is 0 Å². The molecule has 1 aromatic heterocycles. The Morgan fingerprint density at radius 3 is 2.81 bits per heavy atom. The van der Waals surface area contributed by atoms with Gasteiger partial charge < -0.3 is 10.2 Å². The molecule has 0 aliphatic carbocycles. The molecule has 0 spiro atoms.